The van der Waals surface area contributed by atoms with Crippen molar-refractivity contribution in [2.45, 2.75) is 30.8 Å². The number of sulfone groups is 1. The molecule has 0 aliphatic heterocycles. The fourth-order valence-corrected chi connectivity index (χ4v) is 4.99. The maximum atomic E-state index is 12.9. The number of rotatable bonds is 9. The molecule has 0 unspecified atom stereocenters. The molecule has 2 rings (SSSR count). The van der Waals surface area contributed by atoms with Crippen molar-refractivity contribution in [1.82, 2.24) is 5.32 Å². The van der Waals surface area contributed by atoms with Gasteiger partial charge >= 0.3 is 0 Å². The van der Waals surface area contributed by atoms with Crippen LogP contribution in [0.2, 0.25) is 0 Å². The van der Waals surface area contributed by atoms with Gasteiger partial charge in [-0.15, -0.1) is 0 Å². The van der Waals surface area contributed by atoms with Crippen molar-refractivity contribution in [2.75, 3.05) is 31.0 Å². The first-order valence-electron chi connectivity index (χ1n) is 9.61. The second-order valence-electron chi connectivity index (χ2n) is 7.35. The Kier molecular flexibility index (Phi) is 7.79. The molecule has 9 nitrogen and oxygen atoms in total. The molecular formula is C21H28N2O7S2. The number of ether oxygens (including phenoxy) is 2. The molecule has 0 heterocycles. The van der Waals surface area contributed by atoms with Crippen LogP contribution in [0.3, 0.4) is 0 Å². The van der Waals surface area contributed by atoms with E-state index in [1.807, 2.05) is 0 Å². The number of amides is 1. The van der Waals surface area contributed by atoms with Crippen LogP contribution < -0.4 is 19.1 Å². The predicted molar refractivity (Wildman–Crippen MR) is 122 cm³/mol. The number of nitrogens with one attached hydrogen (secondary N) is 1. The lowest BCUT2D eigenvalue weighted by Crippen LogP contribution is -2.48. The topological polar surface area (TPSA) is 119 Å². The van der Waals surface area contributed by atoms with Crippen molar-refractivity contribution < 1.29 is 31.1 Å². The molecule has 0 spiro atoms. The smallest absolute Gasteiger partial charge is 0.244 e. The van der Waals surface area contributed by atoms with Crippen LogP contribution >= 0.6 is 0 Å². The Hall–Kier alpha value is -2.79. The number of hydrogen-bond donors (Lipinski definition) is 1. The summed E-state index contributed by atoms with van der Waals surface area (Å²) in [6.07, 6.45) is 2.13. The second-order valence-corrected chi connectivity index (χ2v) is 11.2. The molecule has 0 saturated carbocycles. The molecule has 0 saturated heterocycles. The largest absolute Gasteiger partial charge is 0.493 e. The van der Waals surface area contributed by atoms with Gasteiger partial charge in [-0.2, -0.15) is 0 Å². The van der Waals surface area contributed by atoms with Crippen LogP contribution in [0.4, 0.5) is 5.69 Å². The lowest BCUT2D eigenvalue weighted by atomic mass is 10.1. The Morgan fingerprint density at radius 3 is 1.94 bits per heavy atom. The van der Waals surface area contributed by atoms with E-state index in [0.717, 1.165) is 16.8 Å². The second kappa shape index (κ2) is 9.78. The number of sulfonamides is 1. The van der Waals surface area contributed by atoms with Crippen molar-refractivity contribution in [3.63, 3.8) is 0 Å². The Morgan fingerprint density at radius 1 is 0.906 bits per heavy atom. The summed E-state index contributed by atoms with van der Waals surface area (Å²) in [6.45, 7) is 3.20. The fraction of sp³-hybridized carbons (Fsp3) is 0.381. The number of anilines is 1. The van der Waals surface area contributed by atoms with Crippen LogP contribution in [0.1, 0.15) is 25.5 Å². The summed E-state index contributed by atoms with van der Waals surface area (Å²) >= 11 is 0. The van der Waals surface area contributed by atoms with E-state index in [4.69, 9.17) is 9.47 Å². The number of benzene rings is 2. The highest BCUT2D eigenvalue weighted by Gasteiger charge is 2.30. The number of methoxy groups -OCH3 is 2. The van der Waals surface area contributed by atoms with Crippen LogP contribution in [0, 0.1) is 0 Å². The quantitative estimate of drug-likeness (QED) is 0.579. The van der Waals surface area contributed by atoms with Crippen molar-refractivity contribution >= 4 is 31.5 Å². The summed E-state index contributed by atoms with van der Waals surface area (Å²) in [5.74, 6) is 0.225. The molecule has 1 N–H and O–H groups in total. The zero-order valence-electron chi connectivity index (χ0n) is 18.8. The van der Waals surface area contributed by atoms with Crippen LogP contribution in [0.25, 0.3) is 0 Å². The zero-order chi connectivity index (χ0) is 24.3. The first-order chi connectivity index (χ1) is 14.8. The summed E-state index contributed by atoms with van der Waals surface area (Å²) in [5.41, 5.74) is 0.924. The van der Waals surface area contributed by atoms with Crippen LogP contribution in [0.5, 0.6) is 11.5 Å². The van der Waals surface area contributed by atoms with Crippen molar-refractivity contribution in [3.05, 3.63) is 48.0 Å². The molecule has 0 bridgehead atoms. The third-order valence-corrected chi connectivity index (χ3v) is 7.25. The van der Waals surface area contributed by atoms with E-state index in [1.54, 1.807) is 25.1 Å². The van der Waals surface area contributed by atoms with Gasteiger partial charge in [-0.1, -0.05) is 12.1 Å². The lowest BCUT2D eigenvalue weighted by molar-refractivity contribution is -0.122. The SMILES string of the molecule is COc1ccc(N([C@@H](C)C(=O)N[C@@H](C)c2ccc(S(C)(=O)=O)cc2)S(C)(=O)=O)cc1OC. The number of nitrogens with zero attached hydrogens (tertiary/aromatic N) is 1. The summed E-state index contributed by atoms with van der Waals surface area (Å²) in [5, 5.41) is 2.78. The monoisotopic (exact) mass is 484 g/mol. The summed E-state index contributed by atoms with van der Waals surface area (Å²) in [6, 6.07) is 9.15. The van der Waals surface area contributed by atoms with E-state index in [9.17, 15) is 21.6 Å². The first-order valence-corrected chi connectivity index (χ1v) is 13.4. The van der Waals surface area contributed by atoms with Gasteiger partial charge in [0.2, 0.25) is 15.9 Å². The maximum absolute atomic E-state index is 12.9. The minimum atomic E-state index is -3.82. The molecule has 0 fully saturated rings. The van der Waals surface area contributed by atoms with E-state index < -0.39 is 37.9 Å². The molecule has 176 valence electrons. The van der Waals surface area contributed by atoms with Crippen LogP contribution in [0.15, 0.2) is 47.4 Å². The van der Waals surface area contributed by atoms with Crippen LogP contribution in [-0.4, -0.2) is 55.5 Å². The molecular weight excluding hydrogens is 456 g/mol. The van der Waals surface area contributed by atoms with Crippen LogP contribution in [-0.2, 0) is 24.7 Å². The Morgan fingerprint density at radius 2 is 1.47 bits per heavy atom. The van der Waals surface area contributed by atoms with Gasteiger partial charge in [-0.05, 0) is 43.7 Å². The average molecular weight is 485 g/mol. The number of carbonyl (C=O) groups excluding carboxylic acids is 1. The number of hydrogen-bond acceptors (Lipinski definition) is 7. The molecule has 1 amide bonds. The van der Waals surface area contributed by atoms with Gasteiger partial charge in [-0.3, -0.25) is 9.10 Å². The minimum Gasteiger partial charge on any atom is -0.493 e. The molecule has 2 atom stereocenters. The molecule has 0 aliphatic rings. The minimum absolute atomic E-state index is 0.171. The Bertz CT molecular complexity index is 1180. The van der Waals surface area contributed by atoms with E-state index in [-0.39, 0.29) is 10.6 Å². The average Bonchev–Trinajstić information content (AvgIpc) is 2.72. The van der Waals surface area contributed by atoms with Gasteiger partial charge < -0.3 is 14.8 Å². The van der Waals surface area contributed by atoms with E-state index in [0.29, 0.717) is 17.1 Å². The zero-order valence-corrected chi connectivity index (χ0v) is 20.5. The number of carbonyl (C=O) groups is 1. The van der Waals surface area contributed by atoms with E-state index in [2.05, 4.69) is 5.32 Å². The molecule has 2 aromatic carbocycles. The highest BCUT2D eigenvalue weighted by molar-refractivity contribution is 7.92. The molecule has 0 aliphatic carbocycles. The fourth-order valence-electron chi connectivity index (χ4n) is 3.19. The van der Waals surface area contributed by atoms with Crippen molar-refractivity contribution in [1.29, 1.82) is 0 Å². The van der Waals surface area contributed by atoms with E-state index >= 15 is 0 Å². The maximum Gasteiger partial charge on any atom is 0.244 e. The summed E-state index contributed by atoms with van der Waals surface area (Å²) < 4.78 is 59.8. The molecule has 2 aromatic rings. The molecule has 11 heteroatoms. The lowest BCUT2D eigenvalue weighted by Gasteiger charge is -2.29. The normalized spacial score (nSPS) is 13.7. The first kappa shape index (κ1) is 25.5. The Balaban J connectivity index is 2.29. The van der Waals surface area contributed by atoms with E-state index in [1.165, 1.54) is 45.4 Å². The molecule has 0 radical (unpaired) electrons. The molecule has 0 aromatic heterocycles. The highest BCUT2D eigenvalue weighted by Crippen LogP contribution is 2.33. The van der Waals surface area contributed by atoms with Crippen molar-refractivity contribution in [3.8, 4) is 11.5 Å². The summed E-state index contributed by atoms with van der Waals surface area (Å²) in [7, 11) is -4.26. The standard InChI is InChI=1S/C21H28N2O7S2/c1-14(16-7-10-18(11-8-16)31(5,25)26)22-21(24)15(2)23(32(6,27)28)17-9-12-19(29-3)20(13-17)30-4/h7-15H,1-6H3,(H,22,24)/t14-,15-/m0/s1. The van der Waals surface area contributed by atoms with Gasteiger partial charge in [0, 0.05) is 12.3 Å². The summed E-state index contributed by atoms with van der Waals surface area (Å²) in [4.78, 5) is 13.1. The predicted octanol–water partition coefficient (Wildman–Crippen LogP) is 2.14. The van der Waals surface area contributed by atoms with Gasteiger partial charge in [-0.25, -0.2) is 16.8 Å². The highest BCUT2D eigenvalue weighted by atomic mass is 32.2. The van der Waals surface area contributed by atoms with Gasteiger partial charge in [0.15, 0.2) is 21.3 Å². The third kappa shape index (κ3) is 5.92. The van der Waals surface area contributed by atoms with Gasteiger partial charge in [0.25, 0.3) is 0 Å². The van der Waals surface area contributed by atoms with Gasteiger partial charge in [0.1, 0.15) is 6.04 Å². The molecule has 32 heavy (non-hydrogen) atoms. The third-order valence-electron chi connectivity index (χ3n) is 4.88. The van der Waals surface area contributed by atoms with Gasteiger partial charge in [0.05, 0.1) is 37.1 Å². The van der Waals surface area contributed by atoms with Crippen molar-refractivity contribution in [2.24, 2.45) is 0 Å². The Labute approximate surface area is 189 Å².